The van der Waals surface area contributed by atoms with E-state index in [0.29, 0.717) is 0 Å². The third kappa shape index (κ3) is 6.91. The summed E-state index contributed by atoms with van der Waals surface area (Å²) in [6.45, 7) is 9.00. The Labute approximate surface area is 92.4 Å². The number of rotatable bonds is 6. The minimum Gasteiger partial charge on any atom is -0.306 e. The Kier molecular flexibility index (Phi) is 6.42. The van der Waals surface area contributed by atoms with E-state index in [-0.39, 0.29) is 18.3 Å². The average Bonchev–Trinajstić information content (AvgIpc) is 1.76. The zero-order valence-corrected chi connectivity index (χ0v) is 11.5. The molecular formula is C9H21O3PS. The monoisotopic (exact) mass is 240 g/mol. The highest BCUT2D eigenvalue weighted by Crippen LogP contribution is 2.52. The third-order valence-corrected chi connectivity index (χ3v) is 3.83. The summed E-state index contributed by atoms with van der Waals surface area (Å²) >= 11 is 5.28. The molecule has 0 radical (unpaired) electrons. The Hall–Kier alpha value is 0.530. The quantitative estimate of drug-likeness (QED) is 0.664. The van der Waals surface area contributed by atoms with Crippen LogP contribution in [0.4, 0.5) is 0 Å². The number of hydrogen-bond donors (Lipinski definition) is 0. The van der Waals surface area contributed by atoms with Gasteiger partial charge in [-0.2, -0.15) is 0 Å². The first kappa shape index (κ1) is 14.5. The Balaban J connectivity index is 4.41. The van der Waals surface area contributed by atoms with Gasteiger partial charge in [-0.25, -0.2) is 0 Å². The lowest BCUT2D eigenvalue weighted by atomic mass is 10.5. The number of hydrogen-bond acceptors (Lipinski definition) is 4. The van der Waals surface area contributed by atoms with Crippen LogP contribution in [0, 0.1) is 0 Å². The van der Waals surface area contributed by atoms with E-state index in [0.717, 1.165) is 0 Å². The van der Waals surface area contributed by atoms with Crippen LogP contribution in [0.15, 0.2) is 0 Å². The molecule has 0 amide bonds. The first-order valence-corrected chi connectivity index (χ1v) is 7.46. The summed E-state index contributed by atoms with van der Waals surface area (Å²) in [4.78, 5) is 0. The molecule has 0 spiro atoms. The molecule has 0 N–H and O–H groups in total. The fourth-order valence-electron chi connectivity index (χ4n) is 0.849. The van der Waals surface area contributed by atoms with Crippen LogP contribution in [0.25, 0.3) is 0 Å². The largest absolute Gasteiger partial charge is 0.327 e. The second-order valence-corrected chi connectivity index (χ2v) is 6.78. The summed E-state index contributed by atoms with van der Waals surface area (Å²) in [7, 11) is 0. The van der Waals surface area contributed by atoms with E-state index < -0.39 is 6.72 Å². The van der Waals surface area contributed by atoms with Crippen molar-refractivity contribution in [3.63, 3.8) is 0 Å². The van der Waals surface area contributed by atoms with Crippen LogP contribution < -0.4 is 0 Å². The Morgan fingerprint density at radius 3 is 1.07 bits per heavy atom. The third-order valence-electron chi connectivity index (χ3n) is 1.02. The highest BCUT2D eigenvalue weighted by molar-refractivity contribution is 8.07. The smallest absolute Gasteiger partial charge is 0.306 e. The fraction of sp³-hybridized carbons (Fsp3) is 1.00. The summed E-state index contributed by atoms with van der Waals surface area (Å²) < 4.78 is 16.6. The maximum atomic E-state index is 5.54. The van der Waals surface area contributed by atoms with Gasteiger partial charge in [0, 0.05) is 0 Å². The molecule has 0 aliphatic rings. The van der Waals surface area contributed by atoms with Crippen molar-refractivity contribution in [2.75, 3.05) is 0 Å². The van der Waals surface area contributed by atoms with Gasteiger partial charge in [-0.15, -0.1) is 0 Å². The molecule has 14 heavy (non-hydrogen) atoms. The van der Waals surface area contributed by atoms with Crippen LogP contribution in [0.3, 0.4) is 0 Å². The molecule has 0 aliphatic carbocycles. The molecule has 0 bridgehead atoms. The summed E-state index contributed by atoms with van der Waals surface area (Å²) in [6.07, 6.45) is 0.0787. The van der Waals surface area contributed by atoms with Gasteiger partial charge in [0.2, 0.25) is 0 Å². The van der Waals surface area contributed by atoms with E-state index in [1.807, 2.05) is 41.5 Å². The fourth-order valence-corrected chi connectivity index (χ4v) is 4.10. The predicted molar refractivity (Wildman–Crippen MR) is 62.9 cm³/mol. The molecule has 0 unspecified atom stereocenters. The zero-order chi connectivity index (χ0) is 11.4. The van der Waals surface area contributed by atoms with Crippen molar-refractivity contribution in [1.82, 2.24) is 0 Å². The van der Waals surface area contributed by atoms with Gasteiger partial charge in [0.05, 0.1) is 18.3 Å². The van der Waals surface area contributed by atoms with E-state index in [4.69, 9.17) is 25.4 Å². The topological polar surface area (TPSA) is 27.7 Å². The lowest BCUT2D eigenvalue weighted by molar-refractivity contribution is 0.0915. The summed E-state index contributed by atoms with van der Waals surface area (Å²) in [6, 6.07) is 0. The van der Waals surface area contributed by atoms with Crippen LogP contribution in [0.2, 0.25) is 0 Å². The van der Waals surface area contributed by atoms with Gasteiger partial charge in [0.15, 0.2) is 0 Å². The van der Waals surface area contributed by atoms with Gasteiger partial charge < -0.3 is 13.6 Å². The highest BCUT2D eigenvalue weighted by Gasteiger charge is 2.25. The maximum Gasteiger partial charge on any atom is 0.327 e. The highest BCUT2D eigenvalue weighted by atomic mass is 32.5. The van der Waals surface area contributed by atoms with Crippen LogP contribution in [0.5, 0.6) is 0 Å². The first-order valence-electron chi connectivity index (χ1n) is 4.90. The SMILES string of the molecule is CC(C)OP(=S)(OC(C)C)OC(C)C. The Morgan fingerprint density at radius 2 is 0.929 bits per heavy atom. The molecule has 0 aromatic rings. The zero-order valence-electron chi connectivity index (χ0n) is 9.81. The van der Waals surface area contributed by atoms with Crippen molar-refractivity contribution < 1.29 is 13.6 Å². The van der Waals surface area contributed by atoms with Crippen LogP contribution in [0.1, 0.15) is 41.5 Å². The minimum absolute atomic E-state index is 0.0262. The second-order valence-electron chi connectivity index (χ2n) is 3.91. The molecular weight excluding hydrogens is 219 g/mol. The molecule has 0 rings (SSSR count). The molecule has 3 nitrogen and oxygen atoms in total. The Bertz CT molecular complexity index is 171. The van der Waals surface area contributed by atoms with E-state index in [9.17, 15) is 0 Å². The molecule has 0 aromatic heterocycles. The summed E-state index contributed by atoms with van der Waals surface area (Å²) in [5.74, 6) is 0. The van der Waals surface area contributed by atoms with E-state index in [2.05, 4.69) is 0 Å². The molecule has 0 heterocycles. The molecule has 0 aliphatic heterocycles. The first-order chi connectivity index (χ1) is 6.25. The minimum atomic E-state index is -2.55. The van der Waals surface area contributed by atoms with Crippen molar-refractivity contribution in [3.8, 4) is 0 Å². The normalized spacial score (nSPS) is 13.2. The van der Waals surface area contributed by atoms with Crippen LogP contribution in [-0.2, 0) is 25.4 Å². The molecule has 0 saturated carbocycles. The van der Waals surface area contributed by atoms with Crippen molar-refractivity contribution in [2.45, 2.75) is 59.9 Å². The molecule has 86 valence electrons. The van der Waals surface area contributed by atoms with Crippen molar-refractivity contribution in [3.05, 3.63) is 0 Å². The Morgan fingerprint density at radius 1 is 0.714 bits per heavy atom. The van der Waals surface area contributed by atoms with Crippen LogP contribution >= 0.6 is 6.72 Å². The summed E-state index contributed by atoms with van der Waals surface area (Å²) in [5.41, 5.74) is 0. The molecule has 0 fully saturated rings. The van der Waals surface area contributed by atoms with E-state index >= 15 is 0 Å². The molecule has 5 heteroatoms. The van der Waals surface area contributed by atoms with Gasteiger partial charge in [0.1, 0.15) is 0 Å². The van der Waals surface area contributed by atoms with Gasteiger partial charge >= 0.3 is 6.72 Å². The maximum absolute atomic E-state index is 5.54. The van der Waals surface area contributed by atoms with Gasteiger partial charge in [-0.3, -0.25) is 0 Å². The lowest BCUT2D eigenvalue weighted by Gasteiger charge is -2.27. The van der Waals surface area contributed by atoms with Crippen LogP contribution in [-0.4, -0.2) is 18.3 Å². The van der Waals surface area contributed by atoms with Crippen molar-refractivity contribution in [2.24, 2.45) is 0 Å². The van der Waals surface area contributed by atoms with Crippen molar-refractivity contribution in [1.29, 1.82) is 0 Å². The molecule has 0 saturated heterocycles. The standard InChI is InChI=1S/C9H21O3PS/c1-7(2)10-13(14,11-8(3)4)12-9(5)6/h7-9H,1-6H3. The van der Waals surface area contributed by atoms with Gasteiger partial charge in [-0.05, 0) is 53.3 Å². The summed E-state index contributed by atoms with van der Waals surface area (Å²) in [5, 5.41) is 0. The van der Waals surface area contributed by atoms with Gasteiger partial charge in [0.25, 0.3) is 0 Å². The average molecular weight is 240 g/mol. The molecule has 0 aromatic carbocycles. The second kappa shape index (κ2) is 6.19. The van der Waals surface area contributed by atoms with Crippen molar-refractivity contribution >= 4 is 18.5 Å². The lowest BCUT2D eigenvalue weighted by Crippen LogP contribution is -2.12. The van der Waals surface area contributed by atoms with E-state index in [1.165, 1.54) is 0 Å². The van der Waals surface area contributed by atoms with Gasteiger partial charge in [-0.1, -0.05) is 0 Å². The van der Waals surface area contributed by atoms with E-state index in [1.54, 1.807) is 0 Å². The predicted octanol–water partition coefficient (Wildman–Crippen LogP) is 3.49. The molecule has 0 atom stereocenters.